The van der Waals surface area contributed by atoms with E-state index < -0.39 is 0 Å². The van der Waals surface area contributed by atoms with Gasteiger partial charge in [0.05, 0.1) is 24.1 Å². The first-order valence-corrected chi connectivity index (χ1v) is 9.21. The molecule has 5 nitrogen and oxygen atoms in total. The largest absolute Gasteiger partial charge is 0.497 e. The van der Waals surface area contributed by atoms with Crippen LogP contribution < -0.4 is 4.74 Å². The predicted molar refractivity (Wildman–Crippen MR) is 113 cm³/mol. The predicted octanol–water partition coefficient (Wildman–Crippen LogP) is 5.15. The van der Waals surface area contributed by atoms with E-state index in [2.05, 4.69) is 11.1 Å². The van der Waals surface area contributed by atoms with E-state index in [4.69, 9.17) is 9.84 Å². The van der Waals surface area contributed by atoms with Crippen LogP contribution in [0.25, 0.3) is 28.6 Å². The Hall–Kier alpha value is -4.24. The zero-order valence-electron chi connectivity index (χ0n) is 16.2. The summed E-state index contributed by atoms with van der Waals surface area (Å²) in [4.78, 5) is 4.27. The minimum atomic E-state index is -0.319. The molecule has 146 valence electrons. The fourth-order valence-corrected chi connectivity index (χ4v) is 3.05. The third-order valence-corrected chi connectivity index (χ3v) is 4.54. The van der Waals surface area contributed by atoms with Gasteiger partial charge in [0.15, 0.2) is 0 Å². The molecule has 0 N–H and O–H groups in total. The van der Waals surface area contributed by atoms with Gasteiger partial charge in [0.2, 0.25) is 0 Å². The fourth-order valence-electron chi connectivity index (χ4n) is 3.05. The van der Waals surface area contributed by atoms with E-state index in [-0.39, 0.29) is 5.82 Å². The number of hydrogen-bond acceptors (Lipinski definition) is 4. The molecule has 0 aliphatic carbocycles. The highest BCUT2D eigenvalue weighted by molar-refractivity contribution is 5.91. The number of nitriles is 1. The molecule has 2 aromatic carbocycles. The lowest BCUT2D eigenvalue weighted by Gasteiger charge is -2.04. The standard InChI is InChI=1S/C24H17FN4O/c1-30-22-6-4-5-17(14-22)24-19(13-18(15-26)23-7-2-3-12-27-23)16-29(28-24)21-10-8-20(25)9-11-21/h2-14,16H,1H3/b18-13+. The summed E-state index contributed by atoms with van der Waals surface area (Å²) in [6.45, 7) is 0. The summed E-state index contributed by atoms with van der Waals surface area (Å²) < 4.78 is 20.3. The van der Waals surface area contributed by atoms with Gasteiger partial charge in [-0.2, -0.15) is 10.4 Å². The molecule has 0 unspecified atom stereocenters. The van der Waals surface area contributed by atoms with Crippen LogP contribution in [0.4, 0.5) is 4.39 Å². The summed E-state index contributed by atoms with van der Waals surface area (Å²) in [5, 5.41) is 14.4. The Labute approximate surface area is 173 Å². The number of ether oxygens (including phenoxy) is 1. The lowest BCUT2D eigenvalue weighted by atomic mass is 10.0. The van der Waals surface area contributed by atoms with Crippen LogP contribution in [0, 0.1) is 17.1 Å². The fraction of sp³-hybridized carbons (Fsp3) is 0.0417. The normalized spacial score (nSPS) is 11.2. The first kappa shape index (κ1) is 19.1. The Morgan fingerprint density at radius 1 is 1.10 bits per heavy atom. The van der Waals surface area contributed by atoms with Gasteiger partial charge in [-0.3, -0.25) is 4.98 Å². The smallest absolute Gasteiger partial charge is 0.123 e. The molecule has 0 amide bonds. The SMILES string of the molecule is COc1cccc(-c2nn(-c3ccc(F)cc3)cc2/C=C(\C#N)c2ccccn2)c1. The van der Waals surface area contributed by atoms with Gasteiger partial charge < -0.3 is 4.74 Å². The van der Waals surface area contributed by atoms with Gasteiger partial charge in [0.1, 0.15) is 23.3 Å². The Balaban J connectivity index is 1.88. The maximum Gasteiger partial charge on any atom is 0.123 e. The Bertz CT molecular complexity index is 1240. The van der Waals surface area contributed by atoms with E-state index in [1.165, 1.54) is 12.1 Å². The van der Waals surface area contributed by atoms with Crippen molar-refractivity contribution >= 4 is 11.6 Å². The molecule has 6 heteroatoms. The molecule has 2 heterocycles. The zero-order chi connectivity index (χ0) is 20.9. The van der Waals surface area contributed by atoms with Crippen LogP contribution in [0.1, 0.15) is 11.3 Å². The number of benzene rings is 2. The van der Waals surface area contributed by atoms with E-state index in [1.54, 1.807) is 48.3 Å². The summed E-state index contributed by atoms with van der Waals surface area (Å²) in [5.74, 6) is 0.380. The lowest BCUT2D eigenvalue weighted by molar-refractivity contribution is 0.415. The summed E-state index contributed by atoms with van der Waals surface area (Å²) in [6, 6.07) is 21.2. The number of aromatic nitrogens is 3. The molecule has 0 spiro atoms. The van der Waals surface area contributed by atoms with Gasteiger partial charge in [-0.25, -0.2) is 9.07 Å². The van der Waals surface area contributed by atoms with Crippen LogP contribution in [-0.4, -0.2) is 21.9 Å². The highest BCUT2D eigenvalue weighted by atomic mass is 19.1. The van der Waals surface area contributed by atoms with Crippen molar-refractivity contribution in [2.24, 2.45) is 0 Å². The van der Waals surface area contributed by atoms with Gasteiger partial charge in [0, 0.05) is 23.5 Å². The average Bonchev–Trinajstić information content (AvgIpc) is 3.22. The molecule has 0 aliphatic rings. The molecule has 4 rings (SSSR count). The molecular weight excluding hydrogens is 379 g/mol. The third kappa shape index (κ3) is 3.96. The zero-order valence-corrected chi connectivity index (χ0v) is 16.2. The first-order chi connectivity index (χ1) is 14.7. The summed E-state index contributed by atoms with van der Waals surface area (Å²) in [7, 11) is 1.60. The Kier molecular flexibility index (Phi) is 5.35. The van der Waals surface area contributed by atoms with Gasteiger partial charge >= 0.3 is 0 Å². The highest BCUT2D eigenvalue weighted by Crippen LogP contribution is 2.29. The quantitative estimate of drug-likeness (QED) is 0.438. The second-order valence-corrected chi connectivity index (χ2v) is 6.47. The van der Waals surface area contributed by atoms with Crippen molar-refractivity contribution in [2.75, 3.05) is 7.11 Å². The third-order valence-electron chi connectivity index (χ3n) is 4.54. The van der Waals surface area contributed by atoms with Gasteiger partial charge in [-0.05, 0) is 54.6 Å². The molecule has 4 aromatic rings. The van der Waals surface area contributed by atoms with E-state index in [0.29, 0.717) is 28.4 Å². The van der Waals surface area contributed by atoms with Crippen LogP contribution in [0.2, 0.25) is 0 Å². The molecule has 0 atom stereocenters. The molecule has 0 saturated carbocycles. The molecule has 0 radical (unpaired) electrons. The van der Waals surface area contributed by atoms with Crippen molar-refractivity contribution < 1.29 is 9.13 Å². The van der Waals surface area contributed by atoms with Crippen molar-refractivity contribution in [3.05, 3.63) is 96.2 Å². The second kappa shape index (κ2) is 8.41. The number of methoxy groups -OCH3 is 1. The maximum absolute atomic E-state index is 13.3. The Morgan fingerprint density at radius 2 is 1.93 bits per heavy atom. The van der Waals surface area contributed by atoms with Gasteiger partial charge in [-0.1, -0.05) is 18.2 Å². The highest BCUT2D eigenvalue weighted by Gasteiger charge is 2.14. The molecule has 0 bridgehead atoms. The molecular formula is C24H17FN4O. The first-order valence-electron chi connectivity index (χ1n) is 9.21. The van der Waals surface area contributed by atoms with Crippen LogP contribution in [0.3, 0.4) is 0 Å². The van der Waals surface area contributed by atoms with Crippen molar-refractivity contribution in [1.82, 2.24) is 14.8 Å². The van der Waals surface area contributed by atoms with Crippen molar-refractivity contribution in [2.45, 2.75) is 0 Å². The Morgan fingerprint density at radius 3 is 2.63 bits per heavy atom. The lowest BCUT2D eigenvalue weighted by Crippen LogP contribution is -1.95. The molecule has 30 heavy (non-hydrogen) atoms. The van der Waals surface area contributed by atoms with E-state index >= 15 is 0 Å². The van der Waals surface area contributed by atoms with Gasteiger partial charge in [0.25, 0.3) is 0 Å². The molecule has 2 aromatic heterocycles. The minimum absolute atomic E-state index is 0.319. The minimum Gasteiger partial charge on any atom is -0.497 e. The summed E-state index contributed by atoms with van der Waals surface area (Å²) >= 11 is 0. The van der Waals surface area contributed by atoms with Crippen molar-refractivity contribution in [3.8, 4) is 28.8 Å². The number of halogens is 1. The topological polar surface area (TPSA) is 63.7 Å². The van der Waals surface area contributed by atoms with Crippen molar-refractivity contribution in [1.29, 1.82) is 5.26 Å². The molecule has 0 fully saturated rings. The van der Waals surface area contributed by atoms with Crippen LogP contribution in [0.15, 0.2) is 79.1 Å². The van der Waals surface area contributed by atoms with Gasteiger partial charge in [-0.15, -0.1) is 0 Å². The monoisotopic (exact) mass is 396 g/mol. The second-order valence-electron chi connectivity index (χ2n) is 6.47. The summed E-state index contributed by atoms with van der Waals surface area (Å²) in [6.07, 6.45) is 5.21. The number of hydrogen-bond donors (Lipinski definition) is 0. The van der Waals surface area contributed by atoms with E-state index in [9.17, 15) is 9.65 Å². The van der Waals surface area contributed by atoms with Crippen LogP contribution >= 0.6 is 0 Å². The summed E-state index contributed by atoms with van der Waals surface area (Å²) in [5.41, 5.74) is 3.93. The van der Waals surface area contributed by atoms with Crippen LogP contribution in [-0.2, 0) is 0 Å². The number of nitrogens with zero attached hydrogens (tertiary/aromatic N) is 4. The van der Waals surface area contributed by atoms with Crippen LogP contribution in [0.5, 0.6) is 5.75 Å². The van der Waals surface area contributed by atoms with E-state index in [0.717, 1.165) is 11.1 Å². The number of allylic oxidation sites excluding steroid dienone is 1. The number of pyridine rings is 1. The van der Waals surface area contributed by atoms with E-state index in [1.807, 2.05) is 36.5 Å². The maximum atomic E-state index is 13.3. The average molecular weight is 396 g/mol. The molecule has 0 aliphatic heterocycles. The molecule has 0 saturated heterocycles. The van der Waals surface area contributed by atoms with Crippen molar-refractivity contribution in [3.63, 3.8) is 0 Å². The number of rotatable bonds is 5.